The molecule has 0 saturated heterocycles. The van der Waals surface area contributed by atoms with Crippen molar-refractivity contribution in [2.24, 2.45) is 7.05 Å². The molecule has 0 N–H and O–H groups in total. The van der Waals surface area contributed by atoms with Crippen molar-refractivity contribution < 1.29 is 8.78 Å². The second-order valence-corrected chi connectivity index (χ2v) is 3.81. The summed E-state index contributed by atoms with van der Waals surface area (Å²) in [7, 11) is 1.50. The molecule has 2 rings (SSSR count). The van der Waals surface area contributed by atoms with Crippen LogP contribution >= 0.6 is 11.6 Å². The second-order valence-electron chi connectivity index (χ2n) is 3.37. The summed E-state index contributed by atoms with van der Waals surface area (Å²) >= 11 is 5.74. The van der Waals surface area contributed by atoms with Gasteiger partial charge < -0.3 is 0 Å². The Morgan fingerprint density at radius 2 is 1.88 bits per heavy atom. The molecular formula is C11H9ClF2N2. The Kier molecular flexibility index (Phi) is 2.92. The van der Waals surface area contributed by atoms with Crippen LogP contribution in [0.3, 0.4) is 0 Å². The van der Waals surface area contributed by atoms with Crippen LogP contribution in [0.2, 0.25) is 5.02 Å². The van der Waals surface area contributed by atoms with E-state index in [1.807, 2.05) is 0 Å². The predicted octanol–water partition coefficient (Wildman–Crippen LogP) is 3.68. The lowest BCUT2D eigenvalue weighted by atomic mass is 10.1. The topological polar surface area (TPSA) is 17.8 Å². The third-order valence-corrected chi connectivity index (χ3v) is 2.60. The highest BCUT2D eigenvalue weighted by atomic mass is 35.5. The second kappa shape index (κ2) is 4.22. The van der Waals surface area contributed by atoms with E-state index in [1.54, 1.807) is 24.3 Å². The van der Waals surface area contributed by atoms with Crippen LogP contribution in [0.5, 0.6) is 0 Å². The summed E-state index contributed by atoms with van der Waals surface area (Å²) in [5.41, 5.74) is 1.05. The molecular weight excluding hydrogens is 234 g/mol. The van der Waals surface area contributed by atoms with E-state index in [0.29, 0.717) is 16.1 Å². The number of rotatable bonds is 2. The van der Waals surface area contributed by atoms with Crippen molar-refractivity contribution >= 4 is 11.6 Å². The molecule has 2 aromatic rings. The van der Waals surface area contributed by atoms with Gasteiger partial charge >= 0.3 is 0 Å². The number of nitrogens with zero attached hydrogens (tertiary/aromatic N) is 2. The number of aromatic nitrogens is 2. The Bertz CT molecular complexity index is 491. The molecule has 5 heteroatoms. The molecule has 0 aliphatic rings. The van der Waals surface area contributed by atoms with Gasteiger partial charge in [-0.15, -0.1) is 0 Å². The quantitative estimate of drug-likeness (QED) is 0.786. The minimum absolute atomic E-state index is 0.0812. The first-order chi connectivity index (χ1) is 7.59. The Morgan fingerprint density at radius 3 is 2.44 bits per heavy atom. The number of benzene rings is 1. The van der Waals surface area contributed by atoms with E-state index in [2.05, 4.69) is 5.10 Å². The number of halogens is 3. The Hall–Kier alpha value is -1.42. The third-order valence-electron chi connectivity index (χ3n) is 2.35. The lowest BCUT2D eigenvalue weighted by Crippen LogP contribution is -1.99. The minimum Gasteiger partial charge on any atom is -0.266 e. The molecule has 0 spiro atoms. The largest absolute Gasteiger partial charge is 0.280 e. The molecule has 0 bridgehead atoms. The number of alkyl halides is 2. The van der Waals surface area contributed by atoms with Crippen molar-refractivity contribution in [3.8, 4) is 11.1 Å². The summed E-state index contributed by atoms with van der Waals surface area (Å²) in [5, 5.41) is 4.42. The lowest BCUT2D eigenvalue weighted by Gasteiger charge is -2.04. The van der Waals surface area contributed by atoms with Crippen molar-refractivity contribution in [3.05, 3.63) is 41.2 Å². The van der Waals surface area contributed by atoms with Crippen molar-refractivity contribution in [2.75, 3.05) is 0 Å². The average molecular weight is 243 g/mol. The smallest absolute Gasteiger partial charge is 0.266 e. The van der Waals surface area contributed by atoms with Crippen LogP contribution in [-0.2, 0) is 7.05 Å². The van der Waals surface area contributed by atoms with Crippen LogP contribution in [0.25, 0.3) is 11.1 Å². The van der Waals surface area contributed by atoms with E-state index in [4.69, 9.17) is 11.6 Å². The predicted molar refractivity (Wildman–Crippen MR) is 58.6 cm³/mol. The van der Waals surface area contributed by atoms with Crippen LogP contribution in [0.4, 0.5) is 8.78 Å². The fourth-order valence-electron chi connectivity index (χ4n) is 1.56. The molecule has 0 unspecified atom stereocenters. The van der Waals surface area contributed by atoms with Crippen molar-refractivity contribution in [1.29, 1.82) is 0 Å². The fourth-order valence-corrected chi connectivity index (χ4v) is 1.68. The lowest BCUT2D eigenvalue weighted by molar-refractivity contribution is 0.141. The molecule has 84 valence electrons. The van der Waals surface area contributed by atoms with E-state index in [-0.39, 0.29) is 5.69 Å². The highest BCUT2D eigenvalue weighted by Crippen LogP contribution is 2.30. The normalized spacial score (nSPS) is 11.1. The molecule has 0 aliphatic carbocycles. The van der Waals surface area contributed by atoms with Crippen LogP contribution < -0.4 is 0 Å². The number of aryl methyl sites for hydroxylation is 1. The third kappa shape index (κ3) is 1.93. The van der Waals surface area contributed by atoms with Gasteiger partial charge in [-0.2, -0.15) is 5.10 Å². The SMILES string of the molecule is Cn1ncc(-c2ccc(Cl)cc2)c1C(F)F. The van der Waals surface area contributed by atoms with E-state index in [0.717, 1.165) is 0 Å². The van der Waals surface area contributed by atoms with Crippen LogP contribution in [0.1, 0.15) is 12.1 Å². The van der Waals surface area contributed by atoms with Gasteiger partial charge in [-0.05, 0) is 17.7 Å². The van der Waals surface area contributed by atoms with Gasteiger partial charge in [0.2, 0.25) is 0 Å². The van der Waals surface area contributed by atoms with Gasteiger partial charge in [-0.3, -0.25) is 4.68 Å². The maximum atomic E-state index is 12.8. The molecule has 0 aliphatic heterocycles. The molecule has 0 saturated carbocycles. The zero-order valence-electron chi connectivity index (χ0n) is 8.49. The summed E-state index contributed by atoms with van der Waals surface area (Å²) in [6.07, 6.45) is -1.11. The summed E-state index contributed by atoms with van der Waals surface area (Å²) in [4.78, 5) is 0. The first-order valence-electron chi connectivity index (χ1n) is 4.65. The zero-order chi connectivity index (χ0) is 11.7. The standard InChI is InChI=1S/C11H9ClF2N2/c1-16-10(11(13)14)9(6-15-16)7-2-4-8(12)5-3-7/h2-6,11H,1H3. The first kappa shape index (κ1) is 11.1. The number of hydrogen-bond acceptors (Lipinski definition) is 1. The van der Waals surface area contributed by atoms with Crippen molar-refractivity contribution in [1.82, 2.24) is 9.78 Å². The maximum Gasteiger partial charge on any atom is 0.280 e. The highest BCUT2D eigenvalue weighted by Gasteiger charge is 2.18. The van der Waals surface area contributed by atoms with Crippen molar-refractivity contribution in [2.45, 2.75) is 6.43 Å². The van der Waals surface area contributed by atoms with Gasteiger partial charge in [0.25, 0.3) is 6.43 Å². The summed E-state index contributed by atoms with van der Waals surface area (Å²) < 4.78 is 26.8. The molecule has 0 fully saturated rings. The van der Waals surface area contributed by atoms with Gasteiger partial charge in [0.15, 0.2) is 0 Å². The molecule has 0 radical (unpaired) electrons. The Balaban J connectivity index is 2.52. The van der Waals surface area contributed by atoms with Gasteiger partial charge in [-0.25, -0.2) is 8.78 Å². The summed E-state index contributed by atoms with van der Waals surface area (Å²) in [6.45, 7) is 0. The molecule has 1 aromatic heterocycles. The molecule has 0 amide bonds. The maximum absolute atomic E-state index is 12.8. The minimum atomic E-state index is -2.54. The van der Waals surface area contributed by atoms with E-state index in [9.17, 15) is 8.78 Å². The van der Waals surface area contributed by atoms with Gasteiger partial charge in [-0.1, -0.05) is 23.7 Å². The molecule has 16 heavy (non-hydrogen) atoms. The van der Waals surface area contributed by atoms with E-state index < -0.39 is 6.43 Å². The van der Waals surface area contributed by atoms with Crippen molar-refractivity contribution in [3.63, 3.8) is 0 Å². The molecule has 1 aromatic carbocycles. The van der Waals surface area contributed by atoms with Crippen LogP contribution in [0, 0.1) is 0 Å². The summed E-state index contributed by atoms with van der Waals surface area (Å²) in [5.74, 6) is 0. The van der Waals surface area contributed by atoms with Crippen LogP contribution in [0.15, 0.2) is 30.5 Å². The highest BCUT2D eigenvalue weighted by molar-refractivity contribution is 6.30. The summed E-state index contributed by atoms with van der Waals surface area (Å²) in [6, 6.07) is 6.73. The van der Waals surface area contributed by atoms with Gasteiger partial charge in [0, 0.05) is 17.6 Å². The van der Waals surface area contributed by atoms with E-state index in [1.165, 1.54) is 17.9 Å². The fraction of sp³-hybridized carbons (Fsp3) is 0.182. The van der Waals surface area contributed by atoms with Crippen LogP contribution in [-0.4, -0.2) is 9.78 Å². The Labute approximate surface area is 96.5 Å². The molecule has 2 nitrogen and oxygen atoms in total. The van der Waals surface area contributed by atoms with Gasteiger partial charge in [0.05, 0.1) is 6.20 Å². The molecule has 0 atom stereocenters. The Morgan fingerprint density at radius 1 is 1.25 bits per heavy atom. The number of hydrogen-bond donors (Lipinski definition) is 0. The first-order valence-corrected chi connectivity index (χ1v) is 5.03. The molecule has 1 heterocycles. The van der Waals surface area contributed by atoms with Gasteiger partial charge in [0.1, 0.15) is 5.69 Å². The monoisotopic (exact) mass is 242 g/mol. The zero-order valence-corrected chi connectivity index (χ0v) is 9.25. The van der Waals surface area contributed by atoms with E-state index >= 15 is 0 Å². The average Bonchev–Trinajstić information content (AvgIpc) is 2.61.